The number of aromatic nitrogens is 1. The van der Waals surface area contributed by atoms with Crippen LogP contribution in [0, 0.1) is 0 Å². The normalized spacial score (nSPS) is 13.9. The Kier molecular flexibility index (Phi) is 2.14. The monoisotopic (exact) mass is 191 g/mol. The van der Waals surface area contributed by atoms with E-state index in [1.54, 1.807) is 23.4 Å². The van der Waals surface area contributed by atoms with Crippen molar-refractivity contribution in [2.75, 3.05) is 13.2 Å². The van der Waals surface area contributed by atoms with Gasteiger partial charge in [0.25, 0.3) is 0 Å². The number of nitrogens with zero attached hydrogens (tertiary/aromatic N) is 3. The van der Waals surface area contributed by atoms with Crippen LogP contribution in [0.15, 0.2) is 23.3 Å². The summed E-state index contributed by atoms with van der Waals surface area (Å²) in [6, 6.07) is 3.66. The van der Waals surface area contributed by atoms with Gasteiger partial charge in [0.1, 0.15) is 13.2 Å². The van der Waals surface area contributed by atoms with Crippen LogP contribution in [0.3, 0.4) is 0 Å². The third-order valence-corrected chi connectivity index (χ3v) is 1.88. The SMILES string of the molecule is O=C(O)CN1C=c2cccnc2=NC1. The van der Waals surface area contributed by atoms with Gasteiger partial charge in [0, 0.05) is 17.6 Å². The minimum absolute atomic E-state index is 0.0299. The summed E-state index contributed by atoms with van der Waals surface area (Å²) < 4.78 is 0. The molecule has 1 aromatic heterocycles. The summed E-state index contributed by atoms with van der Waals surface area (Å²) in [6.07, 6.45) is 3.44. The van der Waals surface area contributed by atoms with E-state index in [2.05, 4.69) is 9.98 Å². The number of hydrogen-bond acceptors (Lipinski definition) is 4. The summed E-state index contributed by atoms with van der Waals surface area (Å²) >= 11 is 0. The summed E-state index contributed by atoms with van der Waals surface area (Å²) in [5.41, 5.74) is 0.675. The Morgan fingerprint density at radius 3 is 3.29 bits per heavy atom. The van der Waals surface area contributed by atoms with Crippen molar-refractivity contribution in [3.63, 3.8) is 0 Å². The van der Waals surface area contributed by atoms with E-state index in [9.17, 15) is 4.79 Å². The molecule has 0 radical (unpaired) electrons. The van der Waals surface area contributed by atoms with E-state index < -0.39 is 5.97 Å². The Morgan fingerprint density at radius 2 is 2.50 bits per heavy atom. The van der Waals surface area contributed by atoms with Crippen molar-refractivity contribution in [2.24, 2.45) is 4.99 Å². The zero-order valence-electron chi connectivity index (χ0n) is 7.42. The molecule has 5 nitrogen and oxygen atoms in total. The predicted octanol–water partition coefficient (Wildman–Crippen LogP) is -1.20. The molecule has 0 saturated carbocycles. The molecule has 0 saturated heterocycles. The number of fused-ring (bicyclic) bond motifs is 1. The molecule has 0 spiro atoms. The van der Waals surface area contributed by atoms with Crippen molar-refractivity contribution in [1.29, 1.82) is 0 Å². The maximum absolute atomic E-state index is 10.5. The van der Waals surface area contributed by atoms with E-state index in [1.165, 1.54) is 0 Å². The second kappa shape index (κ2) is 3.45. The van der Waals surface area contributed by atoms with Gasteiger partial charge in [-0.1, -0.05) is 0 Å². The highest BCUT2D eigenvalue weighted by molar-refractivity contribution is 5.69. The second-order valence-electron chi connectivity index (χ2n) is 2.99. The molecule has 0 fully saturated rings. The fourth-order valence-corrected chi connectivity index (χ4v) is 1.31. The van der Waals surface area contributed by atoms with Crippen LogP contribution in [0.25, 0.3) is 6.20 Å². The fraction of sp³-hybridized carbons (Fsp3) is 0.222. The van der Waals surface area contributed by atoms with Gasteiger partial charge in [-0.3, -0.25) is 4.79 Å². The molecule has 1 N–H and O–H groups in total. The lowest BCUT2D eigenvalue weighted by atomic mass is 10.3. The van der Waals surface area contributed by atoms with Crippen LogP contribution < -0.4 is 10.7 Å². The first-order valence-corrected chi connectivity index (χ1v) is 4.19. The number of hydrogen-bond donors (Lipinski definition) is 1. The van der Waals surface area contributed by atoms with Gasteiger partial charge in [-0.15, -0.1) is 0 Å². The van der Waals surface area contributed by atoms with Gasteiger partial charge in [-0.05, 0) is 12.1 Å². The number of carbonyl (C=O) groups is 1. The molecule has 0 atom stereocenters. The van der Waals surface area contributed by atoms with E-state index >= 15 is 0 Å². The number of carboxylic acid groups (broad SMARTS) is 1. The lowest BCUT2D eigenvalue weighted by Gasteiger charge is -2.17. The highest BCUT2D eigenvalue weighted by atomic mass is 16.4. The smallest absolute Gasteiger partial charge is 0.323 e. The molecule has 0 aromatic carbocycles. The molecule has 2 rings (SSSR count). The van der Waals surface area contributed by atoms with Crippen molar-refractivity contribution in [3.05, 3.63) is 29.0 Å². The van der Waals surface area contributed by atoms with Crippen molar-refractivity contribution in [1.82, 2.24) is 9.88 Å². The molecule has 2 heterocycles. The maximum atomic E-state index is 10.5. The van der Waals surface area contributed by atoms with Crippen LogP contribution in [0.2, 0.25) is 0 Å². The number of pyridine rings is 1. The summed E-state index contributed by atoms with van der Waals surface area (Å²) in [7, 11) is 0. The fourth-order valence-electron chi connectivity index (χ4n) is 1.31. The molecule has 0 unspecified atom stereocenters. The van der Waals surface area contributed by atoms with E-state index in [4.69, 9.17) is 5.11 Å². The molecule has 0 amide bonds. The average Bonchev–Trinajstić information content (AvgIpc) is 2.17. The van der Waals surface area contributed by atoms with Crippen molar-refractivity contribution >= 4 is 12.2 Å². The van der Waals surface area contributed by atoms with Gasteiger partial charge in [-0.25, -0.2) is 9.98 Å². The van der Waals surface area contributed by atoms with Gasteiger partial charge < -0.3 is 10.0 Å². The van der Waals surface area contributed by atoms with E-state index in [1.807, 2.05) is 6.07 Å². The number of carboxylic acids is 1. The van der Waals surface area contributed by atoms with Crippen molar-refractivity contribution in [3.8, 4) is 0 Å². The molecular weight excluding hydrogens is 182 g/mol. The highest BCUT2D eigenvalue weighted by Crippen LogP contribution is 1.91. The number of rotatable bonds is 2. The van der Waals surface area contributed by atoms with Crippen LogP contribution in [0.1, 0.15) is 0 Å². The maximum Gasteiger partial charge on any atom is 0.323 e. The lowest BCUT2D eigenvalue weighted by molar-refractivity contribution is -0.137. The summed E-state index contributed by atoms with van der Waals surface area (Å²) in [5, 5.41) is 9.46. The van der Waals surface area contributed by atoms with Crippen LogP contribution in [-0.2, 0) is 4.79 Å². The predicted molar refractivity (Wildman–Crippen MR) is 48.7 cm³/mol. The van der Waals surface area contributed by atoms with Gasteiger partial charge >= 0.3 is 5.97 Å². The minimum atomic E-state index is -0.858. The molecule has 1 aliphatic rings. The van der Waals surface area contributed by atoms with E-state index in [0.29, 0.717) is 12.2 Å². The number of aliphatic carboxylic acids is 1. The average molecular weight is 191 g/mol. The van der Waals surface area contributed by atoms with Gasteiger partial charge in [0.2, 0.25) is 0 Å². The Bertz CT molecular complexity index is 469. The zero-order chi connectivity index (χ0) is 9.97. The molecular formula is C9H9N3O2. The summed E-state index contributed by atoms with van der Waals surface area (Å²) in [6.45, 7) is 0.328. The van der Waals surface area contributed by atoms with E-state index in [0.717, 1.165) is 5.22 Å². The topological polar surface area (TPSA) is 65.8 Å². The third kappa shape index (κ3) is 1.71. The first kappa shape index (κ1) is 8.68. The first-order valence-electron chi connectivity index (χ1n) is 4.19. The minimum Gasteiger partial charge on any atom is -0.480 e. The molecule has 5 heteroatoms. The molecule has 1 aromatic rings. The lowest BCUT2D eigenvalue weighted by Crippen LogP contribution is -2.39. The largest absolute Gasteiger partial charge is 0.480 e. The van der Waals surface area contributed by atoms with Crippen LogP contribution in [0.5, 0.6) is 0 Å². The summed E-state index contributed by atoms with van der Waals surface area (Å²) in [5.74, 6) is -0.858. The Hall–Kier alpha value is -1.91. The molecule has 0 aliphatic carbocycles. The standard InChI is InChI=1S/C9H9N3O2/c13-8(14)5-12-4-7-2-1-3-10-9(7)11-6-12/h1-4H,5-6H2,(H,13,14). The highest BCUT2D eigenvalue weighted by Gasteiger charge is 2.07. The third-order valence-electron chi connectivity index (χ3n) is 1.88. The Labute approximate surface area is 80.0 Å². The van der Waals surface area contributed by atoms with Crippen molar-refractivity contribution < 1.29 is 9.90 Å². The molecule has 1 aliphatic heterocycles. The summed E-state index contributed by atoms with van der Waals surface area (Å²) in [4.78, 5) is 20.3. The second-order valence-corrected chi connectivity index (χ2v) is 2.99. The van der Waals surface area contributed by atoms with Crippen LogP contribution in [0.4, 0.5) is 0 Å². The van der Waals surface area contributed by atoms with E-state index in [-0.39, 0.29) is 6.54 Å². The molecule has 14 heavy (non-hydrogen) atoms. The van der Waals surface area contributed by atoms with Gasteiger partial charge in [0.05, 0.1) is 0 Å². The van der Waals surface area contributed by atoms with Gasteiger partial charge in [-0.2, -0.15) is 0 Å². The zero-order valence-corrected chi connectivity index (χ0v) is 7.42. The quantitative estimate of drug-likeness (QED) is 0.637. The van der Waals surface area contributed by atoms with Crippen molar-refractivity contribution in [2.45, 2.75) is 0 Å². The molecule has 0 bridgehead atoms. The first-order chi connectivity index (χ1) is 6.75. The van der Waals surface area contributed by atoms with Crippen LogP contribution >= 0.6 is 0 Å². The molecule has 72 valence electrons. The van der Waals surface area contributed by atoms with Gasteiger partial charge in [0.15, 0.2) is 5.49 Å². The Balaban J connectivity index is 2.34. The van der Waals surface area contributed by atoms with Crippen LogP contribution in [-0.4, -0.2) is 34.2 Å². The Morgan fingerprint density at radius 1 is 1.64 bits per heavy atom.